The smallest absolute Gasteiger partial charge is 0.217 e. The van der Waals surface area contributed by atoms with Crippen LogP contribution in [-0.4, -0.2) is 32.5 Å². The van der Waals surface area contributed by atoms with Gasteiger partial charge < -0.3 is 5.32 Å². The van der Waals surface area contributed by atoms with E-state index in [4.69, 9.17) is 0 Å². The van der Waals surface area contributed by atoms with Crippen molar-refractivity contribution >= 4 is 10.0 Å². The summed E-state index contributed by atoms with van der Waals surface area (Å²) in [7, 11) is -3.27. The minimum atomic E-state index is -3.27. The van der Waals surface area contributed by atoms with Crippen molar-refractivity contribution in [2.75, 3.05) is 13.1 Å². The number of pyridine rings is 1. The number of sulfonamides is 1. The zero-order chi connectivity index (χ0) is 11.4. The van der Waals surface area contributed by atoms with Crippen LogP contribution in [0.5, 0.6) is 0 Å². The molecule has 5 nitrogen and oxygen atoms in total. The number of aromatic nitrogens is 1. The lowest BCUT2D eigenvalue weighted by Crippen LogP contribution is -2.37. The molecule has 0 amide bonds. The van der Waals surface area contributed by atoms with Crippen molar-refractivity contribution in [2.24, 2.45) is 0 Å². The van der Waals surface area contributed by atoms with E-state index < -0.39 is 10.0 Å². The van der Waals surface area contributed by atoms with Gasteiger partial charge in [-0.3, -0.25) is 4.98 Å². The maximum Gasteiger partial charge on any atom is 0.217 e. The van der Waals surface area contributed by atoms with Crippen molar-refractivity contribution in [3.63, 3.8) is 0 Å². The van der Waals surface area contributed by atoms with Crippen LogP contribution in [-0.2, 0) is 15.8 Å². The molecular weight excluding hydrogens is 226 g/mol. The topological polar surface area (TPSA) is 71.1 Å². The first-order chi connectivity index (χ1) is 7.66. The van der Waals surface area contributed by atoms with Gasteiger partial charge in [0.2, 0.25) is 10.0 Å². The van der Waals surface area contributed by atoms with E-state index in [9.17, 15) is 8.42 Å². The second-order valence-electron chi connectivity index (χ2n) is 3.89. The maximum absolute atomic E-state index is 11.8. The Bertz CT molecular complexity index is 427. The zero-order valence-corrected chi connectivity index (χ0v) is 9.70. The summed E-state index contributed by atoms with van der Waals surface area (Å²) >= 11 is 0. The fourth-order valence-electron chi connectivity index (χ4n) is 1.73. The Morgan fingerprint density at radius 2 is 2.38 bits per heavy atom. The molecule has 2 N–H and O–H groups in total. The van der Waals surface area contributed by atoms with Gasteiger partial charge in [-0.05, 0) is 25.1 Å². The number of hydrogen-bond acceptors (Lipinski definition) is 4. The first-order valence-electron chi connectivity index (χ1n) is 5.26. The van der Waals surface area contributed by atoms with Gasteiger partial charge in [0.15, 0.2) is 0 Å². The number of nitrogens with one attached hydrogen (secondary N) is 2. The van der Waals surface area contributed by atoms with E-state index in [1.807, 2.05) is 0 Å². The molecule has 1 atom stereocenters. The van der Waals surface area contributed by atoms with E-state index in [0.29, 0.717) is 12.2 Å². The van der Waals surface area contributed by atoms with Gasteiger partial charge in [-0.25, -0.2) is 13.1 Å². The van der Waals surface area contributed by atoms with Crippen LogP contribution >= 0.6 is 0 Å². The minimum Gasteiger partial charge on any atom is -0.315 e. The SMILES string of the molecule is O=S(=O)(Cc1ccccn1)N[C@H]1CCNC1. The largest absolute Gasteiger partial charge is 0.315 e. The van der Waals surface area contributed by atoms with Crippen LogP contribution in [0, 0.1) is 0 Å². The molecule has 1 saturated heterocycles. The van der Waals surface area contributed by atoms with Gasteiger partial charge in [-0.2, -0.15) is 0 Å². The van der Waals surface area contributed by atoms with Crippen molar-refractivity contribution in [1.29, 1.82) is 0 Å². The Morgan fingerprint density at radius 1 is 1.50 bits per heavy atom. The standard InChI is InChI=1S/C10H15N3O2S/c14-16(15,13-9-4-6-11-7-9)8-10-3-1-2-5-12-10/h1-3,5,9,11,13H,4,6-8H2/t9-/m0/s1. The summed E-state index contributed by atoms with van der Waals surface area (Å²) in [5.41, 5.74) is 0.570. The molecule has 1 aliphatic heterocycles. The van der Waals surface area contributed by atoms with Crippen LogP contribution in [0.1, 0.15) is 12.1 Å². The van der Waals surface area contributed by atoms with E-state index in [2.05, 4.69) is 15.0 Å². The summed E-state index contributed by atoms with van der Waals surface area (Å²) in [6.45, 7) is 1.58. The Labute approximate surface area is 95.3 Å². The van der Waals surface area contributed by atoms with Gasteiger partial charge >= 0.3 is 0 Å². The first-order valence-corrected chi connectivity index (χ1v) is 6.91. The third-order valence-electron chi connectivity index (χ3n) is 2.47. The summed E-state index contributed by atoms with van der Waals surface area (Å²) in [6.07, 6.45) is 2.45. The molecule has 0 saturated carbocycles. The quantitative estimate of drug-likeness (QED) is 0.770. The Hall–Kier alpha value is -0.980. The van der Waals surface area contributed by atoms with Gasteiger partial charge in [0.25, 0.3) is 0 Å². The van der Waals surface area contributed by atoms with Crippen molar-refractivity contribution in [3.05, 3.63) is 30.1 Å². The monoisotopic (exact) mass is 241 g/mol. The van der Waals surface area contributed by atoms with Gasteiger partial charge in [0.1, 0.15) is 5.75 Å². The van der Waals surface area contributed by atoms with E-state index in [-0.39, 0.29) is 11.8 Å². The summed E-state index contributed by atoms with van der Waals surface area (Å²) in [5.74, 6) is -0.0513. The highest BCUT2D eigenvalue weighted by Gasteiger charge is 2.21. The van der Waals surface area contributed by atoms with Crippen molar-refractivity contribution in [2.45, 2.75) is 18.2 Å². The van der Waals surface area contributed by atoms with E-state index in [1.54, 1.807) is 24.4 Å². The number of rotatable bonds is 4. The molecule has 0 spiro atoms. The molecule has 1 aromatic rings. The third kappa shape index (κ3) is 3.26. The molecule has 0 radical (unpaired) electrons. The lowest BCUT2D eigenvalue weighted by Gasteiger charge is -2.11. The molecule has 1 aromatic heterocycles. The second kappa shape index (κ2) is 4.90. The molecule has 1 aliphatic rings. The molecule has 0 unspecified atom stereocenters. The molecule has 2 heterocycles. The van der Waals surface area contributed by atoms with Crippen molar-refractivity contribution in [3.8, 4) is 0 Å². The van der Waals surface area contributed by atoms with E-state index >= 15 is 0 Å². The minimum absolute atomic E-state index is 0.0220. The van der Waals surface area contributed by atoms with Crippen molar-refractivity contribution in [1.82, 2.24) is 15.0 Å². The van der Waals surface area contributed by atoms with Gasteiger partial charge in [0, 0.05) is 18.8 Å². The van der Waals surface area contributed by atoms with Gasteiger partial charge in [-0.15, -0.1) is 0 Å². The third-order valence-corrected chi connectivity index (χ3v) is 3.84. The summed E-state index contributed by atoms with van der Waals surface area (Å²) in [5, 5.41) is 3.12. The second-order valence-corrected chi connectivity index (χ2v) is 5.64. The Balaban J connectivity index is 1.97. The molecular formula is C10H15N3O2S. The highest BCUT2D eigenvalue weighted by Crippen LogP contribution is 2.04. The van der Waals surface area contributed by atoms with Crippen LogP contribution in [0.15, 0.2) is 24.4 Å². The average molecular weight is 241 g/mol. The highest BCUT2D eigenvalue weighted by molar-refractivity contribution is 7.88. The van der Waals surface area contributed by atoms with Gasteiger partial charge in [-0.1, -0.05) is 6.07 Å². The number of nitrogens with zero attached hydrogens (tertiary/aromatic N) is 1. The predicted molar refractivity (Wildman–Crippen MR) is 61.3 cm³/mol. The van der Waals surface area contributed by atoms with E-state index in [0.717, 1.165) is 13.0 Å². The van der Waals surface area contributed by atoms with Crippen LogP contribution in [0.2, 0.25) is 0 Å². The zero-order valence-electron chi connectivity index (χ0n) is 8.89. The van der Waals surface area contributed by atoms with Crippen LogP contribution < -0.4 is 10.0 Å². The average Bonchev–Trinajstić information content (AvgIpc) is 2.70. The van der Waals surface area contributed by atoms with Crippen LogP contribution in [0.3, 0.4) is 0 Å². The normalized spacial score (nSPS) is 21.1. The Kier molecular flexibility index (Phi) is 3.52. The fraction of sp³-hybridized carbons (Fsp3) is 0.500. The fourth-order valence-corrected chi connectivity index (χ4v) is 3.08. The molecule has 16 heavy (non-hydrogen) atoms. The van der Waals surface area contributed by atoms with Crippen LogP contribution in [0.4, 0.5) is 0 Å². The maximum atomic E-state index is 11.8. The van der Waals surface area contributed by atoms with Gasteiger partial charge in [0.05, 0.1) is 5.69 Å². The highest BCUT2D eigenvalue weighted by atomic mass is 32.2. The van der Waals surface area contributed by atoms with Crippen LogP contribution in [0.25, 0.3) is 0 Å². The lowest BCUT2D eigenvalue weighted by atomic mass is 10.3. The summed E-state index contributed by atoms with van der Waals surface area (Å²) in [6, 6.07) is 5.29. The molecule has 2 rings (SSSR count). The molecule has 0 bridgehead atoms. The summed E-state index contributed by atoms with van der Waals surface area (Å²) < 4.78 is 26.2. The molecule has 0 aliphatic carbocycles. The molecule has 88 valence electrons. The van der Waals surface area contributed by atoms with E-state index in [1.165, 1.54) is 0 Å². The molecule has 6 heteroatoms. The molecule has 0 aromatic carbocycles. The Morgan fingerprint density at radius 3 is 3.00 bits per heavy atom. The molecule has 1 fully saturated rings. The predicted octanol–water partition coefficient (Wildman–Crippen LogP) is -0.137. The lowest BCUT2D eigenvalue weighted by molar-refractivity contribution is 0.558. The summed E-state index contributed by atoms with van der Waals surface area (Å²) in [4.78, 5) is 4.00. The first kappa shape index (κ1) is 11.5. The number of hydrogen-bond donors (Lipinski definition) is 2. The van der Waals surface area contributed by atoms with Crippen molar-refractivity contribution < 1.29 is 8.42 Å².